The van der Waals surface area contributed by atoms with Crippen molar-refractivity contribution in [3.63, 3.8) is 0 Å². The molecule has 0 fully saturated rings. The first-order valence-corrected chi connectivity index (χ1v) is 7.18. The maximum absolute atomic E-state index is 11.9. The lowest BCUT2D eigenvalue weighted by atomic mass is 10.0. The Kier molecular flexibility index (Phi) is 6.71. The maximum atomic E-state index is 11.9. The van der Waals surface area contributed by atoms with Gasteiger partial charge < -0.3 is 10.5 Å². The van der Waals surface area contributed by atoms with Crippen molar-refractivity contribution in [1.29, 1.82) is 0 Å². The highest BCUT2D eigenvalue weighted by Crippen LogP contribution is 2.20. The zero-order valence-electron chi connectivity index (χ0n) is 11.6. The third kappa shape index (κ3) is 5.11. The summed E-state index contributed by atoms with van der Waals surface area (Å²) >= 11 is 5.80. The summed E-state index contributed by atoms with van der Waals surface area (Å²) in [6.07, 6.45) is 4.44. The van der Waals surface area contributed by atoms with Crippen LogP contribution in [0.5, 0.6) is 0 Å². The lowest BCUT2D eigenvalue weighted by Gasteiger charge is -2.15. The van der Waals surface area contributed by atoms with E-state index in [9.17, 15) is 4.79 Å². The monoisotopic (exact) mass is 283 g/mol. The Morgan fingerprint density at radius 1 is 1.42 bits per heavy atom. The summed E-state index contributed by atoms with van der Waals surface area (Å²) in [6, 6.07) is 4.81. The van der Waals surface area contributed by atoms with Crippen LogP contribution in [0.4, 0.5) is 5.69 Å². The van der Waals surface area contributed by atoms with E-state index >= 15 is 0 Å². The van der Waals surface area contributed by atoms with Gasteiger partial charge in [-0.3, -0.25) is 0 Å². The van der Waals surface area contributed by atoms with Crippen LogP contribution in [0.1, 0.15) is 49.9 Å². The fourth-order valence-electron chi connectivity index (χ4n) is 1.89. The van der Waals surface area contributed by atoms with E-state index in [0.717, 1.165) is 19.3 Å². The van der Waals surface area contributed by atoms with Gasteiger partial charge in [0.05, 0.1) is 12.2 Å². The largest absolute Gasteiger partial charge is 0.462 e. The molecule has 0 aliphatic heterocycles. The third-order valence-corrected chi connectivity index (χ3v) is 3.46. The van der Waals surface area contributed by atoms with Gasteiger partial charge >= 0.3 is 5.97 Å². The number of unbranched alkanes of at least 4 members (excludes halogenated alkanes) is 1. The number of hydrogen-bond acceptors (Lipinski definition) is 3. The molecule has 106 valence electrons. The molecule has 19 heavy (non-hydrogen) atoms. The third-order valence-electron chi connectivity index (χ3n) is 3.23. The van der Waals surface area contributed by atoms with Gasteiger partial charge in [-0.25, -0.2) is 4.79 Å². The second-order valence-electron chi connectivity index (χ2n) is 4.75. The second-order valence-corrected chi connectivity index (χ2v) is 5.18. The molecule has 0 aromatic heterocycles. The molecule has 0 spiro atoms. The highest BCUT2D eigenvalue weighted by Gasteiger charge is 2.14. The minimum atomic E-state index is -0.371. The number of anilines is 1. The molecule has 0 aliphatic carbocycles. The molecule has 0 aliphatic rings. The van der Waals surface area contributed by atoms with Gasteiger partial charge in [-0.1, -0.05) is 44.7 Å². The summed E-state index contributed by atoms with van der Waals surface area (Å²) in [7, 11) is 0. The number of halogens is 1. The Morgan fingerprint density at radius 2 is 2.16 bits per heavy atom. The normalized spacial score (nSPS) is 12.2. The number of carbonyl (C=O) groups is 1. The van der Waals surface area contributed by atoms with E-state index in [-0.39, 0.29) is 5.97 Å². The van der Waals surface area contributed by atoms with Gasteiger partial charge in [0.15, 0.2) is 0 Å². The van der Waals surface area contributed by atoms with E-state index in [1.54, 1.807) is 18.2 Å². The fraction of sp³-hybridized carbons (Fsp3) is 0.533. The van der Waals surface area contributed by atoms with Crippen LogP contribution in [-0.2, 0) is 4.74 Å². The molecule has 2 N–H and O–H groups in total. The van der Waals surface area contributed by atoms with Crippen LogP contribution in [-0.4, -0.2) is 12.6 Å². The molecule has 1 rings (SSSR count). The van der Waals surface area contributed by atoms with E-state index in [4.69, 9.17) is 22.1 Å². The molecule has 0 saturated carbocycles. The predicted octanol–water partition coefficient (Wildman–Crippen LogP) is 4.30. The van der Waals surface area contributed by atoms with Crippen LogP contribution >= 0.6 is 11.6 Å². The van der Waals surface area contributed by atoms with Crippen LogP contribution in [0.3, 0.4) is 0 Å². The molecular weight excluding hydrogens is 262 g/mol. The molecular formula is C15H22ClNO2. The molecule has 1 aromatic rings. The summed E-state index contributed by atoms with van der Waals surface area (Å²) < 4.78 is 5.34. The molecule has 0 amide bonds. The summed E-state index contributed by atoms with van der Waals surface area (Å²) in [6.45, 7) is 4.73. The van der Waals surface area contributed by atoms with Gasteiger partial charge in [-0.2, -0.15) is 0 Å². The molecule has 4 heteroatoms. The van der Waals surface area contributed by atoms with Gasteiger partial charge in [0.2, 0.25) is 0 Å². The van der Waals surface area contributed by atoms with Crippen molar-refractivity contribution >= 4 is 23.3 Å². The molecule has 1 atom stereocenters. The van der Waals surface area contributed by atoms with E-state index < -0.39 is 0 Å². The molecule has 0 saturated heterocycles. The number of nitrogen functional groups attached to an aromatic ring is 1. The van der Waals surface area contributed by atoms with E-state index in [1.807, 2.05) is 0 Å². The number of nitrogens with two attached hydrogens (primary N) is 1. The first-order valence-electron chi connectivity index (χ1n) is 6.80. The van der Waals surface area contributed by atoms with Gasteiger partial charge in [-0.05, 0) is 30.5 Å². The topological polar surface area (TPSA) is 52.3 Å². The number of rotatable bonds is 7. The van der Waals surface area contributed by atoms with Crippen LogP contribution in [0, 0.1) is 5.92 Å². The molecule has 3 nitrogen and oxygen atoms in total. The first kappa shape index (κ1) is 15.8. The van der Waals surface area contributed by atoms with Crippen molar-refractivity contribution in [3.8, 4) is 0 Å². The van der Waals surface area contributed by atoms with Gasteiger partial charge in [0, 0.05) is 10.7 Å². The number of carbonyl (C=O) groups excluding carboxylic acids is 1. The van der Waals surface area contributed by atoms with Crippen molar-refractivity contribution in [2.75, 3.05) is 12.3 Å². The Morgan fingerprint density at radius 3 is 2.74 bits per heavy atom. The van der Waals surface area contributed by atoms with E-state index in [0.29, 0.717) is 28.8 Å². The highest BCUT2D eigenvalue weighted by molar-refractivity contribution is 6.31. The van der Waals surface area contributed by atoms with E-state index in [2.05, 4.69) is 13.8 Å². The highest BCUT2D eigenvalue weighted by atomic mass is 35.5. The molecule has 0 bridgehead atoms. The SMILES string of the molecule is CCCCC(CC)COC(=O)c1ccc(Cl)cc1N. The average Bonchev–Trinajstić information content (AvgIpc) is 2.38. The molecule has 1 unspecified atom stereocenters. The minimum absolute atomic E-state index is 0.360. The van der Waals surface area contributed by atoms with Gasteiger partial charge in [0.25, 0.3) is 0 Å². The number of benzene rings is 1. The fourth-order valence-corrected chi connectivity index (χ4v) is 2.07. The Hall–Kier alpha value is -1.22. The Balaban J connectivity index is 2.54. The lowest BCUT2D eigenvalue weighted by Crippen LogP contribution is -2.15. The summed E-state index contributed by atoms with van der Waals surface area (Å²) in [5, 5.41) is 0.517. The maximum Gasteiger partial charge on any atom is 0.340 e. The zero-order valence-corrected chi connectivity index (χ0v) is 12.4. The van der Waals surface area contributed by atoms with Crippen LogP contribution in [0.15, 0.2) is 18.2 Å². The average molecular weight is 284 g/mol. The summed E-state index contributed by atoms with van der Waals surface area (Å²) in [4.78, 5) is 11.9. The van der Waals surface area contributed by atoms with Crippen LogP contribution in [0.25, 0.3) is 0 Å². The Bertz CT molecular complexity index is 421. The minimum Gasteiger partial charge on any atom is -0.462 e. The van der Waals surface area contributed by atoms with Gasteiger partial charge in [-0.15, -0.1) is 0 Å². The zero-order chi connectivity index (χ0) is 14.3. The van der Waals surface area contributed by atoms with Crippen molar-refractivity contribution in [2.24, 2.45) is 5.92 Å². The quantitative estimate of drug-likeness (QED) is 0.600. The number of ether oxygens (including phenoxy) is 1. The number of hydrogen-bond donors (Lipinski definition) is 1. The van der Waals surface area contributed by atoms with Gasteiger partial charge in [0.1, 0.15) is 0 Å². The summed E-state index contributed by atoms with van der Waals surface area (Å²) in [5.74, 6) is 0.0570. The van der Waals surface area contributed by atoms with Crippen molar-refractivity contribution < 1.29 is 9.53 Å². The molecule has 1 aromatic carbocycles. The Labute approximate surface area is 120 Å². The van der Waals surface area contributed by atoms with Crippen LogP contribution < -0.4 is 5.73 Å². The standard InChI is InChI=1S/C15H22ClNO2/c1-3-5-6-11(4-2)10-19-15(18)13-8-7-12(16)9-14(13)17/h7-9,11H,3-6,10,17H2,1-2H3. The van der Waals surface area contributed by atoms with Crippen LogP contribution in [0.2, 0.25) is 5.02 Å². The smallest absolute Gasteiger partial charge is 0.340 e. The molecule has 0 radical (unpaired) electrons. The van der Waals surface area contributed by atoms with Crippen molar-refractivity contribution in [1.82, 2.24) is 0 Å². The van der Waals surface area contributed by atoms with Crippen molar-refractivity contribution in [2.45, 2.75) is 39.5 Å². The van der Waals surface area contributed by atoms with E-state index in [1.165, 1.54) is 6.42 Å². The second kappa shape index (κ2) is 8.05. The summed E-state index contributed by atoms with van der Waals surface area (Å²) in [5.41, 5.74) is 6.50. The lowest BCUT2D eigenvalue weighted by molar-refractivity contribution is 0.0429. The number of esters is 1. The predicted molar refractivity (Wildman–Crippen MR) is 79.5 cm³/mol. The first-order chi connectivity index (χ1) is 9.08. The van der Waals surface area contributed by atoms with Crippen molar-refractivity contribution in [3.05, 3.63) is 28.8 Å². The molecule has 0 heterocycles.